The van der Waals surface area contributed by atoms with Crippen LogP contribution in [0.2, 0.25) is 0 Å². The van der Waals surface area contributed by atoms with Gasteiger partial charge in [-0.15, -0.1) is 0 Å². The Balaban J connectivity index is 2.58. The van der Waals surface area contributed by atoms with Crippen molar-refractivity contribution in [3.63, 3.8) is 0 Å². The zero-order valence-corrected chi connectivity index (χ0v) is 19.0. The molecule has 0 spiro atoms. The molecule has 1 rings (SSSR count). The summed E-state index contributed by atoms with van der Waals surface area (Å²) in [6, 6.07) is 0. The van der Waals surface area contributed by atoms with Gasteiger partial charge in [0.15, 0.2) is 0 Å². The van der Waals surface area contributed by atoms with Crippen LogP contribution < -0.4 is 0 Å². The van der Waals surface area contributed by atoms with Gasteiger partial charge in [-0.05, 0) is 73.0 Å². The van der Waals surface area contributed by atoms with E-state index in [2.05, 4.69) is 55.4 Å². The maximum Gasteiger partial charge on any atom is -0.0297 e. The summed E-state index contributed by atoms with van der Waals surface area (Å²) in [4.78, 5) is 0. The molecule has 0 saturated heterocycles. The minimum atomic E-state index is 0.727. The average molecular weight is 351 g/mol. The minimum absolute atomic E-state index is 0.727. The predicted octanol–water partition coefficient (Wildman–Crippen LogP) is 8.74. The summed E-state index contributed by atoms with van der Waals surface area (Å²) >= 11 is 0. The van der Waals surface area contributed by atoms with Crippen LogP contribution in [0.5, 0.6) is 0 Å². The Labute approximate surface area is 160 Å². The molecule has 1 saturated carbocycles. The lowest BCUT2D eigenvalue weighted by molar-refractivity contribution is 0.0311. The molecule has 0 aromatic heterocycles. The summed E-state index contributed by atoms with van der Waals surface area (Å²) in [6.07, 6.45) is 14.4. The van der Waals surface area contributed by atoms with Crippen LogP contribution in [0.3, 0.4) is 0 Å². The minimum Gasteiger partial charge on any atom is -0.0651 e. The molecule has 1 aliphatic carbocycles. The normalized spacial score (nSPS) is 23.5. The lowest BCUT2D eigenvalue weighted by atomic mass is 9.57. The zero-order chi connectivity index (χ0) is 19.0. The standard InChI is InChI=1S/C25H50/c1-9-19(5)15-21(7)24(22(8)16-20(6)10-2)14-13-23-17-25(11-3,12-4)18-23/h19-24H,9-18H2,1-8H3. The molecule has 4 atom stereocenters. The van der Waals surface area contributed by atoms with E-state index in [1.54, 1.807) is 0 Å². The Morgan fingerprint density at radius 3 is 1.56 bits per heavy atom. The highest BCUT2D eigenvalue weighted by molar-refractivity contribution is 4.92. The van der Waals surface area contributed by atoms with E-state index in [1.165, 1.54) is 64.2 Å². The van der Waals surface area contributed by atoms with Crippen molar-refractivity contribution >= 4 is 0 Å². The highest BCUT2D eigenvalue weighted by atomic mass is 14.5. The van der Waals surface area contributed by atoms with Gasteiger partial charge in [0.2, 0.25) is 0 Å². The van der Waals surface area contributed by atoms with Crippen molar-refractivity contribution in [2.24, 2.45) is 40.9 Å². The van der Waals surface area contributed by atoms with Crippen molar-refractivity contribution in [3.05, 3.63) is 0 Å². The van der Waals surface area contributed by atoms with Crippen LogP contribution >= 0.6 is 0 Å². The van der Waals surface area contributed by atoms with Gasteiger partial charge in [0, 0.05) is 0 Å². The van der Waals surface area contributed by atoms with Gasteiger partial charge in [0.05, 0.1) is 0 Å². The third-order valence-electron chi connectivity index (χ3n) is 8.26. The van der Waals surface area contributed by atoms with Crippen LogP contribution in [0, 0.1) is 40.9 Å². The molecule has 0 heteroatoms. The van der Waals surface area contributed by atoms with Crippen molar-refractivity contribution in [3.8, 4) is 0 Å². The van der Waals surface area contributed by atoms with Crippen molar-refractivity contribution in [1.29, 1.82) is 0 Å². The van der Waals surface area contributed by atoms with E-state index in [9.17, 15) is 0 Å². The second kappa shape index (κ2) is 11.0. The molecule has 0 N–H and O–H groups in total. The Bertz CT molecular complexity index is 314. The highest BCUT2D eigenvalue weighted by Gasteiger charge is 2.41. The smallest absolute Gasteiger partial charge is 0.0297 e. The molecule has 0 aliphatic heterocycles. The molecule has 0 aromatic rings. The average Bonchev–Trinajstić information content (AvgIpc) is 2.56. The third kappa shape index (κ3) is 6.91. The van der Waals surface area contributed by atoms with Crippen LogP contribution in [0.15, 0.2) is 0 Å². The maximum atomic E-state index is 2.56. The molecule has 1 fully saturated rings. The van der Waals surface area contributed by atoms with Gasteiger partial charge in [0.1, 0.15) is 0 Å². The number of rotatable bonds is 13. The van der Waals surface area contributed by atoms with Crippen LogP contribution in [0.4, 0.5) is 0 Å². The predicted molar refractivity (Wildman–Crippen MR) is 115 cm³/mol. The van der Waals surface area contributed by atoms with Crippen molar-refractivity contribution < 1.29 is 0 Å². The van der Waals surface area contributed by atoms with Gasteiger partial charge in [-0.1, -0.05) is 87.5 Å². The summed E-state index contributed by atoms with van der Waals surface area (Å²) in [7, 11) is 0. The zero-order valence-electron chi connectivity index (χ0n) is 19.0. The molecule has 0 heterocycles. The fourth-order valence-electron chi connectivity index (χ4n) is 5.71. The maximum absolute atomic E-state index is 2.56. The Morgan fingerprint density at radius 1 is 0.760 bits per heavy atom. The van der Waals surface area contributed by atoms with Crippen molar-refractivity contribution in [2.45, 2.75) is 120 Å². The summed E-state index contributed by atoms with van der Waals surface area (Å²) in [5.41, 5.74) is 0.727. The first-order chi connectivity index (χ1) is 11.8. The second-order valence-electron chi connectivity index (χ2n) is 10.2. The van der Waals surface area contributed by atoms with Crippen molar-refractivity contribution in [1.82, 2.24) is 0 Å². The monoisotopic (exact) mass is 350 g/mol. The molecule has 0 nitrogen and oxygen atoms in total. The fourth-order valence-corrected chi connectivity index (χ4v) is 5.71. The molecule has 4 unspecified atom stereocenters. The van der Waals surface area contributed by atoms with E-state index in [4.69, 9.17) is 0 Å². The van der Waals surface area contributed by atoms with Crippen molar-refractivity contribution in [2.75, 3.05) is 0 Å². The first kappa shape index (κ1) is 23.0. The van der Waals surface area contributed by atoms with Crippen LogP contribution in [-0.2, 0) is 0 Å². The molecular formula is C25H50. The van der Waals surface area contributed by atoms with E-state index in [0.717, 1.165) is 40.9 Å². The number of hydrogen-bond acceptors (Lipinski definition) is 0. The van der Waals surface area contributed by atoms with Gasteiger partial charge < -0.3 is 0 Å². The van der Waals surface area contributed by atoms with Crippen LogP contribution in [0.1, 0.15) is 120 Å². The van der Waals surface area contributed by atoms with Gasteiger partial charge in [-0.3, -0.25) is 0 Å². The van der Waals surface area contributed by atoms with E-state index in [-0.39, 0.29) is 0 Å². The van der Waals surface area contributed by atoms with Gasteiger partial charge in [-0.25, -0.2) is 0 Å². The first-order valence-electron chi connectivity index (χ1n) is 11.8. The summed E-state index contributed by atoms with van der Waals surface area (Å²) in [5, 5.41) is 0. The molecule has 0 aromatic carbocycles. The molecule has 25 heavy (non-hydrogen) atoms. The molecule has 0 bridgehead atoms. The van der Waals surface area contributed by atoms with Gasteiger partial charge in [-0.2, -0.15) is 0 Å². The molecule has 0 radical (unpaired) electrons. The molecular weight excluding hydrogens is 300 g/mol. The first-order valence-corrected chi connectivity index (χ1v) is 11.8. The van der Waals surface area contributed by atoms with E-state index in [1.807, 2.05) is 0 Å². The molecule has 1 aliphatic rings. The van der Waals surface area contributed by atoms with Crippen LogP contribution in [0.25, 0.3) is 0 Å². The summed E-state index contributed by atoms with van der Waals surface area (Å²) in [5.74, 6) is 5.57. The Morgan fingerprint density at radius 2 is 1.20 bits per heavy atom. The lowest BCUT2D eigenvalue weighted by Gasteiger charge is -2.48. The van der Waals surface area contributed by atoms with Gasteiger partial charge in [0.25, 0.3) is 0 Å². The van der Waals surface area contributed by atoms with E-state index >= 15 is 0 Å². The quantitative estimate of drug-likeness (QED) is 0.311. The molecule has 0 amide bonds. The Hall–Kier alpha value is 0. The highest BCUT2D eigenvalue weighted by Crippen LogP contribution is 2.53. The summed E-state index contributed by atoms with van der Waals surface area (Å²) < 4.78 is 0. The molecule has 150 valence electrons. The Kier molecular flexibility index (Phi) is 10.1. The van der Waals surface area contributed by atoms with E-state index < -0.39 is 0 Å². The SMILES string of the molecule is CCC(C)CC(C)C(CCC1CC(CC)(CC)C1)C(C)CC(C)CC. The second-order valence-corrected chi connectivity index (χ2v) is 10.2. The topological polar surface area (TPSA) is 0 Å². The fraction of sp³-hybridized carbons (Fsp3) is 1.00. The summed E-state index contributed by atoms with van der Waals surface area (Å²) in [6.45, 7) is 19.6. The van der Waals surface area contributed by atoms with Gasteiger partial charge >= 0.3 is 0 Å². The van der Waals surface area contributed by atoms with E-state index in [0.29, 0.717) is 0 Å². The van der Waals surface area contributed by atoms with Crippen LogP contribution in [-0.4, -0.2) is 0 Å². The largest absolute Gasteiger partial charge is 0.0651 e. The lowest BCUT2D eigenvalue weighted by Crippen LogP contribution is -2.36. The third-order valence-corrected chi connectivity index (χ3v) is 8.26. The number of hydrogen-bond donors (Lipinski definition) is 0.